The van der Waals surface area contributed by atoms with Gasteiger partial charge < -0.3 is 14.6 Å². The third kappa shape index (κ3) is 3.42. The average Bonchev–Trinajstić information content (AvgIpc) is 2.98. The van der Waals surface area contributed by atoms with Crippen molar-refractivity contribution >= 4 is 0 Å². The van der Waals surface area contributed by atoms with Gasteiger partial charge in [-0.15, -0.1) is 0 Å². The quantitative estimate of drug-likeness (QED) is 0.901. The number of ether oxygens (including phenoxy) is 1. The molecule has 2 heterocycles. The highest BCUT2D eigenvalue weighted by Gasteiger charge is 2.25. The van der Waals surface area contributed by atoms with E-state index in [2.05, 4.69) is 20.4 Å². The highest BCUT2D eigenvalue weighted by Crippen LogP contribution is 2.18. The van der Waals surface area contributed by atoms with Crippen molar-refractivity contribution in [3.8, 4) is 5.75 Å². The highest BCUT2D eigenvalue weighted by atomic mass is 19.1. The van der Waals surface area contributed by atoms with Gasteiger partial charge in [0, 0.05) is 19.6 Å². The standard InChI is InChI=1S/C15H19FN4O2/c1-20-8-7-17-10-12(20)15-18-14(22-19-15)6-9-21-13-5-3-2-4-11(13)16/h2-5,12,17H,6-10H2,1H3. The topological polar surface area (TPSA) is 63.4 Å². The van der Waals surface area contributed by atoms with E-state index >= 15 is 0 Å². The van der Waals surface area contributed by atoms with Gasteiger partial charge in [0.2, 0.25) is 5.89 Å². The van der Waals surface area contributed by atoms with Crippen molar-refractivity contribution in [3.63, 3.8) is 0 Å². The molecular weight excluding hydrogens is 287 g/mol. The van der Waals surface area contributed by atoms with Gasteiger partial charge in [-0.1, -0.05) is 17.3 Å². The maximum absolute atomic E-state index is 13.4. The zero-order valence-electron chi connectivity index (χ0n) is 12.5. The lowest BCUT2D eigenvalue weighted by Gasteiger charge is -2.30. The summed E-state index contributed by atoms with van der Waals surface area (Å²) in [4.78, 5) is 6.60. The van der Waals surface area contributed by atoms with E-state index in [1.54, 1.807) is 18.2 Å². The summed E-state index contributed by atoms with van der Waals surface area (Å²) in [6.07, 6.45) is 0.450. The fourth-order valence-electron chi connectivity index (χ4n) is 2.41. The second-order valence-electron chi connectivity index (χ2n) is 5.28. The first-order valence-corrected chi connectivity index (χ1v) is 7.35. The number of nitrogens with zero attached hydrogens (tertiary/aromatic N) is 3. The van der Waals surface area contributed by atoms with E-state index in [4.69, 9.17) is 9.26 Å². The Morgan fingerprint density at radius 2 is 2.32 bits per heavy atom. The minimum atomic E-state index is -0.372. The smallest absolute Gasteiger partial charge is 0.230 e. The lowest BCUT2D eigenvalue weighted by Crippen LogP contribution is -2.44. The monoisotopic (exact) mass is 306 g/mol. The fraction of sp³-hybridized carbons (Fsp3) is 0.467. The maximum Gasteiger partial charge on any atom is 0.230 e. The SMILES string of the molecule is CN1CCNCC1c1noc(CCOc2ccccc2F)n1. The first kappa shape index (κ1) is 14.9. The molecule has 118 valence electrons. The van der Waals surface area contributed by atoms with E-state index in [0.717, 1.165) is 19.6 Å². The van der Waals surface area contributed by atoms with Crippen LogP contribution >= 0.6 is 0 Å². The fourth-order valence-corrected chi connectivity index (χ4v) is 2.41. The summed E-state index contributed by atoms with van der Waals surface area (Å²) >= 11 is 0. The van der Waals surface area contributed by atoms with Crippen molar-refractivity contribution in [3.05, 3.63) is 41.8 Å². The van der Waals surface area contributed by atoms with Crippen LogP contribution in [0.15, 0.2) is 28.8 Å². The van der Waals surface area contributed by atoms with Crippen LogP contribution in [0.5, 0.6) is 5.75 Å². The molecule has 0 saturated carbocycles. The van der Waals surface area contributed by atoms with Crippen LogP contribution in [0.2, 0.25) is 0 Å². The molecule has 1 saturated heterocycles. The van der Waals surface area contributed by atoms with E-state index in [9.17, 15) is 4.39 Å². The van der Waals surface area contributed by atoms with Gasteiger partial charge in [-0.3, -0.25) is 4.90 Å². The minimum Gasteiger partial charge on any atom is -0.490 e. The number of para-hydroxylation sites is 1. The number of benzene rings is 1. The molecule has 7 heteroatoms. The third-order valence-electron chi connectivity index (χ3n) is 3.70. The number of piperazine rings is 1. The summed E-state index contributed by atoms with van der Waals surface area (Å²) in [5.74, 6) is 1.04. The molecule has 0 amide bonds. The van der Waals surface area contributed by atoms with Crippen LogP contribution in [0.3, 0.4) is 0 Å². The minimum absolute atomic E-state index is 0.124. The van der Waals surface area contributed by atoms with Crippen LogP contribution in [0.4, 0.5) is 4.39 Å². The lowest BCUT2D eigenvalue weighted by molar-refractivity contribution is 0.190. The van der Waals surface area contributed by atoms with Crippen LogP contribution in [0, 0.1) is 5.82 Å². The van der Waals surface area contributed by atoms with Crippen LogP contribution in [-0.4, -0.2) is 48.3 Å². The molecule has 1 aromatic heterocycles. The third-order valence-corrected chi connectivity index (χ3v) is 3.70. The van der Waals surface area contributed by atoms with Crippen molar-refractivity contribution in [2.45, 2.75) is 12.5 Å². The second kappa shape index (κ2) is 6.85. The molecule has 0 radical (unpaired) electrons. The van der Waals surface area contributed by atoms with Gasteiger partial charge in [-0.25, -0.2) is 4.39 Å². The zero-order chi connectivity index (χ0) is 15.4. The number of nitrogens with one attached hydrogen (secondary N) is 1. The van der Waals surface area contributed by atoms with Crippen molar-refractivity contribution in [2.75, 3.05) is 33.3 Å². The molecule has 0 aliphatic carbocycles. The number of likely N-dealkylation sites (N-methyl/N-ethyl adjacent to an activating group) is 1. The Morgan fingerprint density at radius 3 is 3.14 bits per heavy atom. The summed E-state index contributed by atoms with van der Waals surface area (Å²) in [6, 6.07) is 6.44. The molecule has 1 aromatic carbocycles. The van der Waals surface area contributed by atoms with Gasteiger partial charge in [-0.05, 0) is 19.2 Å². The van der Waals surface area contributed by atoms with Gasteiger partial charge in [0.15, 0.2) is 17.4 Å². The van der Waals surface area contributed by atoms with Gasteiger partial charge in [0.05, 0.1) is 19.1 Å². The second-order valence-corrected chi connectivity index (χ2v) is 5.28. The molecule has 0 spiro atoms. The molecule has 1 aliphatic rings. The van der Waals surface area contributed by atoms with Crippen molar-refractivity contribution in [1.29, 1.82) is 0 Å². The van der Waals surface area contributed by atoms with E-state index in [0.29, 0.717) is 24.7 Å². The predicted molar refractivity (Wildman–Crippen MR) is 78.1 cm³/mol. The Kier molecular flexibility index (Phi) is 4.65. The summed E-state index contributed by atoms with van der Waals surface area (Å²) in [5, 5.41) is 7.35. The van der Waals surface area contributed by atoms with Crippen LogP contribution in [-0.2, 0) is 6.42 Å². The first-order chi connectivity index (χ1) is 10.7. The Bertz CT molecular complexity index is 619. The largest absolute Gasteiger partial charge is 0.490 e. The average molecular weight is 306 g/mol. The molecular formula is C15H19FN4O2. The first-order valence-electron chi connectivity index (χ1n) is 7.35. The summed E-state index contributed by atoms with van der Waals surface area (Å²) in [7, 11) is 2.04. The van der Waals surface area contributed by atoms with E-state index in [1.165, 1.54) is 6.07 Å². The molecule has 3 rings (SSSR count). The number of aromatic nitrogens is 2. The summed E-state index contributed by atoms with van der Waals surface area (Å²) < 4.78 is 24.1. The molecule has 6 nitrogen and oxygen atoms in total. The zero-order valence-corrected chi connectivity index (χ0v) is 12.5. The summed E-state index contributed by atoms with van der Waals surface area (Å²) in [6.45, 7) is 3.02. The molecule has 22 heavy (non-hydrogen) atoms. The summed E-state index contributed by atoms with van der Waals surface area (Å²) in [5.41, 5.74) is 0. The number of hydrogen-bond acceptors (Lipinski definition) is 6. The van der Waals surface area contributed by atoms with Crippen molar-refractivity contribution in [1.82, 2.24) is 20.4 Å². The number of halogens is 1. The van der Waals surface area contributed by atoms with Gasteiger partial charge in [0.25, 0.3) is 0 Å². The molecule has 0 bridgehead atoms. The van der Waals surface area contributed by atoms with Gasteiger partial charge in [-0.2, -0.15) is 4.98 Å². The van der Waals surface area contributed by atoms with Gasteiger partial charge >= 0.3 is 0 Å². The van der Waals surface area contributed by atoms with Crippen LogP contribution < -0.4 is 10.1 Å². The van der Waals surface area contributed by atoms with E-state index in [-0.39, 0.29) is 17.6 Å². The normalized spacial score (nSPS) is 19.3. The van der Waals surface area contributed by atoms with Crippen molar-refractivity contribution in [2.24, 2.45) is 0 Å². The molecule has 1 N–H and O–H groups in total. The van der Waals surface area contributed by atoms with E-state index in [1.807, 2.05) is 7.05 Å². The molecule has 1 fully saturated rings. The Morgan fingerprint density at radius 1 is 1.45 bits per heavy atom. The lowest BCUT2D eigenvalue weighted by atomic mass is 10.2. The van der Waals surface area contributed by atoms with E-state index < -0.39 is 0 Å². The highest BCUT2D eigenvalue weighted by molar-refractivity contribution is 5.23. The molecule has 1 atom stereocenters. The Hall–Kier alpha value is -1.99. The maximum atomic E-state index is 13.4. The van der Waals surface area contributed by atoms with Crippen molar-refractivity contribution < 1.29 is 13.7 Å². The Balaban J connectivity index is 1.55. The number of hydrogen-bond donors (Lipinski definition) is 1. The Labute approximate surface area is 128 Å². The molecule has 1 unspecified atom stereocenters. The molecule has 1 aliphatic heterocycles. The molecule has 2 aromatic rings. The predicted octanol–water partition coefficient (Wildman–Crippen LogP) is 1.41. The van der Waals surface area contributed by atoms with Crippen LogP contribution in [0.25, 0.3) is 0 Å². The van der Waals surface area contributed by atoms with Crippen LogP contribution in [0.1, 0.15) is 17.8 Å². The van der Waals surface area contributed by atoms with Gasteiger partial charge in [0.1, 0.15) is 0 Å². The number of rotatable bonds is 5.